The van der Waals surface area contributed by atoms with Crippen LogP contribution in [0.15, 0.2) is 35.1 Å². The van der Waals surface area contributed by atoms with Crippen LogP contribution in [0.3, 0.4) is 0 Å². The van der Waals surface area contributed by atoms with Crippen LogP contribution < -0.4 is 10.9 Å². The predicted octanol–water partition coefficient (Wildman–Crippen LogP) is 2.81. The van der Waals surface area contributed by atoms with Crippen molar-refractivity contribution in [2.75, 3.05) is 6.54 Å². The summed E-state index contributed by atoms with van der Waals surface area (Å²) in [5, 5.41) is 4.52. The summed E-state index contributed by atoms with van der Waals surface area (Å²) in [5.41, 5.74) is 2.19. The lowest BCUT2D eigenvalue weighted by molar-refractivity contribution is 0.156. The van der Waals surface area contributed by atoms with E-state index in [0.717, 1.165) is 23.0 Å². The Hall–Kier alpha value is -1.61. The number of hydrogen-bond donors (Lipinski definition) is 2. The molecule has 1 heterocycles. The van der Waals surface area contributed by atoms with Crippen LogP contribution in [0.25, 0.3) is 10.9 Å². The summed E-state index contributed by atoms with van der Waals surface area (Å²) in [7, 11) is 0. The van der Waals surface area contributed by atoms with Gasteiger partial charge in [-0.1, -0.05) is 31.5 Å². The van der Waals surface area contributed by atoms with Crippen LogP contribution in [0.4, 0.5) is 0 Å². The van der Waals surface area contributed by atoms with E-state index >= 15 is 0 Å². The summed E-state index contributed by atoms with van der Waals surface area (Å²) in [6.45, 7) is 3.96. The average Bonchev–Trinajstić information content (AvgIpc) is 2.37. The van der Waals surface area contributed by atoms with E-state index in [9.17, 15) is 4.79 Å². The molecule has 0 unspecified atom stereocenters. The lowest BCUT2D eigenvalue weighted by Gasteiger charge is -2.38. The van der Waals surface area contributed by atoms with Gasteiger partial charge < -0.3 is 10.3 Å². The van der Waals surface area contributed by atoms with Crippen molar-refractivity contribution in [2.24, 2.45) is 5.41 Å². The van der Waals surface area contributed by atoms with Gasteiger partial charge in [0.25, 0.3) is 5.56 Å². The quantitative estimate of drug-likeness (QED) is 0.883. The van der Waals surface area contributed by atoms with E-state index in [2.05, 4.69) is 17.2 Å². The lowest BCUT2D eigenvalue weighted by Crippen LogP contribution is -2.37. The van der Waals surface area contributed by atoms with E-state index in [-0.39, 0.29) is 5.56 Å². The summed E-state index contributed by atoms with van der Waals surface area (Å²) in [4.78, 5) is 14.9. The number of para-hydroxylation sites is 1. The highest BCUT2D eigenvalue weighted by Gasteiger charge is 2.30. The van der Waals surface area contributed by atoms with Gasteiger partial charge in [-0.15, -0.1) is 0 Å². The van der Waals surface area contributed by atoms with Gasteiger partial charge in [0.15, 0.2) is 0 Å². The summed E-state index contributed by atoms with van der Waals surface area (Å²) >= 11 is 0. The number of H-pyrrole nitrogens is 1. The van der Waals surface area contributed by atoms with Crippen molar-refractivity contribution in [3.63, 3.8) is 0 Å². The number of aromatic amines is 1. The molecule has 1 aliphatic rings. The van der Waals surface area contributed by atoms with E-state index in [0.29, 0.717) is 12.0 Å². The highest BCUT2D eigenvalue weighted by molar-refractivity contribution is 5.78. The van der Waals surface area contributed by atoms with E-state index < -0.39 is 0 Å². The first-order valence-corrected chi connectivity index (χ1v) is 6.98. The number of pyridine rings is 1. The Morgan fingerprint density at radius 3 is 2.84 bits per heavy atom. The van der Waals surface area contributed by atoms with Crippen LogP contribution in [-0.4, -0.2) is 11.5 Å². The molecule has 0 atom stereocenters. The normalized spacial score (nSPS) is 17.3. The van der Waals surface area contributed by atoms with Gasteiger partial charge in [0, 0.05) is 24.2 Å². The Bertz CT molecular complexity index is 640. The molecule has 0 bridgehead atoms. The van der Waals surface area contributed by atoms with Gasteiger partial charge >= 0.3 is 0 Å². The second-order valence-corrected chi connectivity index (χ2v) is 5.98. The molecule has 3 rings (SSSR count). The molecule has 2 N–H and O–H groups in total. The minimum absolute atomic E-state index is 0.0185. The van der Waals surface area contributed by atoms with Crippen LogP contribution >= 0.6 is 0 Å². The zero-order chi connectivity index (χ0) is 13.3. The van der Waals surface area contributed by atoms with Crippen molar-refractivity contribution in [3.8, 4) is 0 Å². The molecule has 1 fully saturated rings. The standard InChI is InChI=1S/C16H20N2O/c1-16(7-4-8-16)11-17-10-13-9-12-5-2-3-6-14(12)18-15(13)19/h2-3,5-6,9,17H,4,7-8,10-11H2,1H3,(H,18,19). The zero-order valence-electron chi connectivity index (χ0n) is 11.3. The Balaban J connectivity index is 1.73. The molecule has 2 aromatic rings. The SMILES string of the molecule is CC1(CNCc2cc3ccccc3[nH]c2=O)CCC1. The second-order valence-electron chi connectivity index (χ2n) is 5.98. The van der Waals surface area contributed by atoms with Crippen LogP contribution in [0.5, 0.6) is 0 Å². The molecule has 19 heavy (non-hydrogen) atoms. The molecule has 1 aliphatic carbocycles. The van der Waals surface area contributed by atoms with Gasteiger partial charge in [0.1, 0.15) is 0 Å². The molecule has 100 valence electrons. The van der Waals surface area contributed by atoms with E-state index in [1.165, 1.54) is 19.3 Å². The molecule has 0 radical (unpaired) electrons. The third kappa shape index (κ3) is 2.56. The average molecular weight is 256 g/mol. The fourth-order valence-corrected chi connectivity index (χ4v) is 2.78. The van der Waals surface area contributed by atoms with Gasteiger partial charge in [-0.2, -0.15) is 0 Å². The minimum Gasteiger partial charge on any atom is -0.322 e. The maximum Gasteiger partial charge on any atom is 0.252 e. The predicted molar refractivity (Wildman–Crippen MR) is 78.2 cm³/mol. The van der Waals surface area contributed by atoms with Crippen molar-refractivity contribution >= 4 is 10.9 Å². The zero-order valence-corrected chi connectivity index (χ0v) is 11.3. The molecule has 1 aromatic heterocycles. The van der Waals surface area contributed by atoms with Crippen LogP contribution in [0.1, 0.15) is 31.7 Å². The number of aromatic nitrogens is 1. The van der Waals surface area contributed by atoms with Crippen LogP contribution in [0, 0.1) is 5.41 Å². The first-order chi connectivity index (χ1) is 9.16. The fraction of sp³-hybridized carbons (Fsp3) is 0.438. The monoisotopic (exact) mass is 256 g/mol. The van der Waals surface area contributed by atoms with Crippen molar-refractivity contribution in [1.82, 2.24) is 10.3 Å². The Morgan fingerprint density at radius 1 is 1.32 bits per heavy atom. The smallest absolute Gasteiger partial charge is 0.252 e. The highest BCUT2D eigenvalue weighted by atomic mass is 16.1. The summed E-state index contributed by atoms with van der Waals surface area (Å²) in [6, 6.07) is 9.89. The van der Waals surface area contributed by atoms with Crippen molar-refractivity contribution in [2.45, 2.75) is 32.7 Å². The van der Waals surface area contributed by atoms with Gasteiger partial charge in [-0.25, -0.2) is 0 Å². The molecule has 0 saturated heterocycles. The van der Waals surface area contributed by atoms with Crippen LogP contribution in [0.2, 0.25) is 0 Å². The topological polar surface area (TPSA) is 44.9 Å². The first-order valence-electron chi connectivity index (χ1n) is 6.98. The van der Waals surface area contributed by atoms with E-state index in [1.54, 1.807) is 0 Å². The molecule has 0 amide bonds. The van der Waals surface area contributed by atoms with Gasteiger partial charge in [-0.05, 0) is 35.8 Å². The van der Waals surface area contributed by atoms with Crippen molar-refractivity contribution < 1.29 is 0 Å². The molecule has 0 spiro atoms. The third-order valence-electron chi connectivity index (χ3n) is 4.26. The molecule has 3 heteroatoms. The number of nitrogens with one attached hydrogen (secondary N) is 2. The molecule has 3 nitrogen and oxygen atoms in total. The summed E-state index contributed by atoms with van der Waals surface area (Å²) in [5.74, 6) is 0. The number of fused-ring (bicyclic) bond motifs is 1. The summed E-state index contributed by atoms with van der Waals surface area (Å²) < 4.78 is 0. The highest BCUT2D eigenvalue weighted by Crippen LogP contribution is 2.39. The lowest BCUT2D eigenvalue weighted by atomic mass is 9.70. The number of benzene rings is 1. The largest absolute Gasteiger partial charge is 0.322 e. The third-order valence-corrected chi connectivity index (χ3v) is 4.26. The van der Waals surface area contributed by atoms with E-state index in [4.69, 9.17) is 0 Å². The maximum atomic E-state index is 12.0. The molecular weight excluding hydrogens is 236 g/mol. The van der Waals surface area contributed by atoms with Gasteiger partial charge in [0.05, 0.1) is 0 Å². The second kappa shape index (κ2) is 4.82. The Labute approximate surface area is 113 Å². The Morgan fingerprint density at radius 2 is 2.11 bits per heavy atom. The van der Waals surface area contributed by atoms with Crippen LogP contribution in [-0.2, 0) is 6.54 Å². The number of rotatable bonds is 4. The van der Waals surface area contributed by atoms with Gasteiger partial charge in [-0.3, -0.25) is 4.79 Å². The number of hydrogen-bond acceptors (Lipinski definition) is 2. The molecule has 0 aliphatic heterocycles. The maximum absolute atomic E-state index is 12.0. The van der Waals surface area contributed by atoms with E-state index in [1.807, 2.05) is 30.3 Å². The molecular formula is C16H20N2O. The van der Waals surface area contributed by atoms with Crippen molar-refractivity contribution in [3.05, 3.63) is 46.2 Å². The fourth-order valence-electron chi connectivity index (χ4n) is 2.78. The minimum atomic E-state index is 0.0185. The first kappa shape index (κ1) is 12.4. The molecule has 1 saturated carbocycles. The summed E-state index contributed by atoms with van der Waals surface area (Å²) in [6.07, 6.45) is 3.94. The van der Waals surface area contributed by atoms with Crippen molar-refractivity contribution in [1.29, 1.82) is 0 Å². The van der Waals surface area contributed by atoms with Gasteiger partial charge in [0.2, 0.25) is 0 Å². The Kier molecular flexibility index (Phi) is 3.15. The molecule has 1 aromatic carbocycles.